The highest BCUT2D eigenvalue weighted by Gasteiger charge is 2.26. The second-order valence-electron chi connectivity index (χ2n) is 7.66. The number of hydrogen-bond acceptors (Lipinski definition) is 6. The number of hydrogen-bond donors (Lipinski definition) is 2. The van der Waals surface area contributed by atoms with Crippen LogP contribution in [0.3, 0.4) is 0 Å². The number of aryl methyl sites for hydroxylation is 2. The average Bonchev–Trinajstić information content (AvgIpc) is 3.08. The van der Waals surface area contributed by atoms with E-state index in [0.29, 0.717) is 21.9 Å². The number of carbonyl (C=O) groups is 3. The molecule has 8 heteroatoms. The van der Waals surface area contributed by atoms with Crippen molar-refractivity contribution in [1.82, 2.24) is 0 Å². The number of benzene rings is 2. The van der Waals surface area contributed by atoms with Crippen molar-refractivity contribution >= 4 is 39.8 Å². The third-order valence-corrected chi connectivity index (χ3v) is 6.20. The van der Waals surface area contributed by atoms with Crippen LogP contribution in [-0.4, -0.2) is 32.0 Å². The zero-order valence-corrected chi connectivity index (χ0v) is 20.0. The first-order valence-electron chi connectivity index (χ1n) is 10.3. The normalized spacial score (nSPS) is 10.5. The molecule has 0 spiro atoms. The maximum Gasteiger partial charge on any atom is 0.341 e. The van der Waals surface area contributed by atoms with E-state index in [0.717, 1.165) is 28.0 Å². The molecule has 3 rings (SSSR count). The number of rotatable bonds is 7. The van der Waals surface area contributed by atoms with Crippen molar-refractivity contribution in [3.8, 4) is 5.75 Å². The molecule has 2 aromatic carbocycles. The SMILES string of the molecule is COC(=O)c1c(NC(=O)Cc2ccc(OC)cc2)sc(C(=O)Nc2cc(C)cc(C)c2)c1C. The molecule has 0 radical (unpaired) electrons. The van der Waals surface area contributed by atoms with Gasteiger partial charge in [0.1, 0.15) is 10.8 Å². The molecule has 7 nitrogen and oxygen atoms in total. The zero-order valence-electron chi connectivity index (χ0n) is 19.2. The van der Waals surface area contributed by atoms with E-state index in [1.807, 2.05) is 32.0 Å². The number of ether oxygens (including phenoxy) is 2. The van der Waals surface area contributed by atoms with Gasteiger partial charge in [0.15, 0.2) is 0 Å². The predicted octanol–water partition coefficient (Wildman–Crippen LogP) is 4.90. The summed E-state index contributed by atoms with van der Waals surface area (Å²) in [7, 11) is 2.83. The number of amides is 2. The minimum atomic E-state index is -0.617. The van der Waals surface area contributed by atoms with Gasteiger partial charge in [-0.2, -0.15) is 0 Å². The van der Waals surface area contributed by atoms with Crippen LogP contribution in [0.2, 0.25) is 0 Å². The van der Waals surface area contributed by atoms with Crippen molar-refractivity contribution < 1.29 is 23.9 Å². The third kappa shape index (κ3) is 5.78. The molecular weight excluding hydrogens is 440 g/mol. The average molecular weight is 467 g/mol. The molecule has 2 amide bonds. The first-order valence-corrected chi connectivity index (χ1v) is 11.1. The molecular formula is C25H26N2O5S. The van der Waals surface area contributed by atoms with E-state index < -0.39 is 5.97 Å². The summed E-state index contributed by atoms with van der Waals surface area (Å²) in [5.74, 6) is -0.592. The molecule has 172 valence electrons. The predicted molar refractivity (Wildman–Crippen MR) is 130 cm³/mol. The second kappa shape index (κ2) is 10.3. The molecule has 0 fully saturated rings. The lowest BCUT2D eigenvalue weighted by Crippen LogP contribution is -2.16. The molecule has 1 aromatic heterocycles. The van der Waals surface area contributed by atoms with Crippen LogP contribution < -0.4 is 15.4 Å². The van der Waals surface area contributed by atoms with Gasteiger partial charge in [0.05, 0.1) is 31.1 Å². The molecule has 0 aliphatic heterocycles. The van der Waals surface area contributed by atoms with Crippen molar-refractivity contribution in [3.05, 3.63) is 75.2 Å². The first-order chi connectivity index (χ1) is 15.7. The summed E-state index contributed by atoms with van der Waals surface area (Å²) in [4.78, 5) is 38.4. The minimum Gasteiger partial charge on any atom is -0.497 e. The van der Waals surface area contributed by atoms with Gasteiger partial charge < -0.3 is 20.1 Å². The van der Waals surface area contributed by atoms with Crippen LogP contribution in [0.15, 0.2) is 42.5 Å². The lowest BCUT2D eigenvalue weighted by molar-refractivity contribution is -0.115. The van der Waals surface area contributed by atoms with Gasteiger partial charge in [0.2, 0.25) is 5.91 Å². The Balaban J connectivity index is 1.84. The summed E-state index contributed by atoms with van der Waals surface area (Å²) < 4.78 is 10.0. The smallest absolute Gasteiger partial charge is 0.341 e. The zero-order chi connectivity index (χ0) is 24.1. The fraction of sp³-hybridized carbons (Fsp3) is 0.240. The van der Waals surface area contributed by atoms with Crippen LogP contribution in [0.4, 0.5) is 10.7 Å². The van der Waals surface area contributed by atoms with E-state index >= 15 is 0 Å². The van der Waals surface area contributed by atoms with E-state index in [1.165, 1.54) is 7.11 Å². The summed E-state index contributed by atoms with van der Waals surface area (Å²) in [6.07, 6.45) is 0.103. The Hall–Kier alpha value is -3.65. The van der Waals surface area contributed by atoms with E-state index in [-0.39, 0.29) is 28.8 Å². The van der Waals surface area contributed by atoms with Gasteiger partial charge >= 0.3 is 5.97 Å². The largest absolute Gasteiger partial charge is 0.497 e. The number of nitrogens with one attached hydrogen (secondary N) is 2. The quantitative estimate of drug-likeness (QED) is 0.483. The second-order valence-corrected chi connectivity index (χ2v) is 8.68. The standard InChI is InChI=1S/C25H26N2O5S/c1-14-10-15(2)12-18(11-14)26-23(29)22-16(3)21(25(30)32-5)24(33-22)27-20(28)13-17-6-8-19(31-4)9-7-17/h6-12H,13H2,1-5H3,(H,26,29)(H,27,28). The highest BCUT2D eigenvalue weighted by atomic mass is 32.1. The van der Waals surface area contributed by atoms with Crippen LogP contribution in [0.25, 0.3) is 0 Å². The van der Waals surface area contributed by atoms with E-state index in [4.69, 9.17) is 9.47 Å². The van der Waals surface area contributed by atoms with Crippen LogP contribution >= 0.6 is 11.3 Å². The van der Waals surface area contributed by atoms with Gasteiger partial charge in [0.25, 0.3) is 5.91 Å². The van der Waals surface area contributed by atoms with Gasteiger partial charge in [-0.1, -0.05) is 18.2 Å². The summed E-state index contributed by atoms with van der Waals surface area (Å²) >= 11 is 1.05. The van der Waals surface area contributed by atoms with Gasteiger partial charge in [-0.3, -0.25) is 9.59 Å². The lowest BCUT2D eigenvalue weighted by atomic mass is 10.1. The van der Waals surface area contributed by atoms with Crippen molar-refractivity contribution in [1.29, 1.82) is 0 Å². The van der Waals surface area contributed by atoms with Crippen LogP contribution in [-0.2, 0) is 16.0 Å². The molecule has 0 saturated heterocycles. The molecule has 0 bridgehead atoms. The Kier molecular flexibility index (Phi) is 7.50. The third-order valence-electron chi connectivity index (χ3n) is 5.00. The molecule has 0 aliphatic rings. The summed E-state index contributed by atoms with van der Waals surface area (Å²) in [6, 6.07) is 12.9. The Morgan fingerprint density at radius 2 is 1.55 bits per heavy atom. The first kappa shape index (κ1) is 24.0. The van der Waals surface area contributed by atoms with Crippen LogP contribution in [0.1, 0.15) is 42.3 Å². The Morgan fingerprint density at radius 1 is 0.909 bits per heavy atom. The Morgan fingerprint density at radius 3 is 2.12 bits per heavy atom. The van der Waals surface area contributed by atoms with Gasteiger partial charge in [0, 0.05) is 5.69 Å². The molecule has 2 N–H and O–H groups in total. The Bertz CT molecular complexity index is 1180. The monoisotopic (exact) mass is 466 g/mol. The van der Waals surface area contributed by atoms with Crippen molar-refractivity contribution in [2.45, 2.75) is 27.2 Å². The minimum absolute atomic E-state index is 0.103. The fourth-order valence-corrected chi connectivity index (χ4v) is 4.61. The number of methoxy groups -OCH3 is 2. The molecule has 0 saturated carbocycles. The number of thiophene rings is 1. The molecule has 0 atom stereocenters. The van der Waals surface area contributed by atoms with Crippen molar-refractivity contribution in [2.75, 3.05) is 24.9 Å². The highest BCUT2D eigenvalue weighted by molar-refractivity contribution is 7.18. The van der Waals surface area contributed by atoms with Crippen molar-refractivity contribution in [2.24, 2.45) is 0 Å². The molecule has 0 unspecified atom stereocenters. The summed E-state index contributed by atoms with van der Waals surface area (Å²) in [5.41, 5.74) is 4.12. The lowest BCUT2D eigenvalue weighted by Gasteiger charge is -2.07. The van der Waals surface area contributed by atoms with Gasteiger partial charge in [-0.05, 0) is 67.3 Å². The van der Waals surface area contributed by atoms with E-state index in [9.17, 15) is 14.4 Å². The number of esters is 1. The summed E-state index contributed by atoms with van der Waals surface area (Å²) in [6.45, 7) is 5.56. The Labute approximate surface area is 196 Å². The molecule has 33 heavy (non-hydrogen) atoms. The molecule has 3 aromatic rings. The number of carbonyl (C=O) groups excluding carboxylic acids is 3. The van der Waals surface area contributed by atoms with Crippen LogP contribution in [0.5, 0.6) is 5.75 Å². The van der Waals surface area contributed by atoms with Crippen molar-refractivity contribution in [3.63, 3.8) is 0 Å². The maximum atomic E-state index is 13.0. The highest BCUT2D eigenvalue weighted by Crippen LogP contribution is 2.34. The molecule has 1 heterocycles. The van der Waals surface area contributed by atoms with E-state index in [1.54, 1.807) is 38.3 Å². The van der Waals surface area contributed by atoms with Gasteiger partial charge in [-0.25, -0.2) is 4.79 Å². The summed E-state index contributed by atoms with van der Waals surface area (Å²) in [5, 5.41) is 5.93. The van der Waals surface area contributed by atoms with Crippen LogP contribution in [0, 0.1) is 20.8 Å². The van der Waals surface area contributed by atoms with Gasteiger partial charge in [-0.15, -0.1) is 11.3 Å². The molecule has 0 aliphatic carbocycles. The number of anilines is 2. The maximum absolute atomic E-state index is 13.0. The topological polar surface area (TPSA) is 93.7 Å². The van der Waals surface area contributed by atoms with E-state index in [2.05, 4.69) is 10.6 Å². The fourth-order valence-electron chi connectivity index (χ4n) is 3.50.